The van der Waals surface area contributed by atoms with Gasteiger partial charge in [-0.2, -0.15) is 0 Å². The van der Waals surface area contributed by atoms with E-state index in [9.17, 15) is 0 Å². The SMILES string of the molecule is CCCCCCCCC(OCOCOC(CCCCCCCC)C(OCCCC)=C(CCCCC)OCCCC)C(OCCCC)=C(CCCCC)OCCCC. The second-order valence-corrected chi connectivity index (χ2v) is 16.2. The molecule has 2 unspecified atom stereocenters. The van der Waals surface area contributed by atoms with Crippen molar-refractivity contribution in [3.8, 4) is 0 Å². The van der Waals surface area contributed by atoms with Gasteiger partial charge in [-0.25, -0.2) is 0 Å². The summed E-state index contributed by atoms with van der Waals surface area (Å²) < 4.78 is 45.9. The standard InChI is InChI=1S/C50H98O7/c1-9-17-25-27-29-33-37-47(49(54-41-23-15-7)45(35-31-19-11-3)52-39-21-13-5)56-43-51-44-57-48(38-34-30-28-26-18-10-2)50(55-42-24-16-8)46(36-32-20-12-4)53-40-22-14-6/h47-48H,9-44H2,1-8H3. The minimum atomic E-state index is -0.213. The van der Waals surface area contributed by atoms with E-state index in [1.54, 1.807) is 0 Å². The minimum Gasteiger partial charge on any atom is -0.494 e. The molecule has 0 aromatic heterocycles. The molecular weight excluding hydrogens is 713 g/mol. The van der Waals surface area contributed by atoms with Crippen LogP contribution in [0.3, 0.4) is 0 Å². The second kappa shape index (κ2) is 44.1. The lowest BCUT2D eigenvalue weighted by molar-refractivity contribution is -0.167. The van der Waals surface area contributed by atoms with Crippen molar-refractivity contribution in [1.29, 1.82) is 0 Å². The summed E-state index contributed by atoms with van der Waals surface area (Å²) in [7, 11) is 0. The van der Waals surface area contributed by atoms with E-state index in [2.05, 4.69) is 55.4 Å². The molecule has 0 amide bonds. The van der Waals surface area contributed by atoms with Crippen molar-refractivity contribution in [3.63, 3.8) is 0 Å². The maximum absolute atomic E-state index is 6.66. The van der Waals surface area contributed by atoms with Gasteiger partial charge >= 0.3 is 0 Å². The van der Waals surface area contributed by atoms with Crippen LogP contribution in [0.2, 0.25) is 0 Å². The summed E-state index contributed by atoms with van der Waals surface area (Å²) in [4.78, 5) is 0. The molecule has 57 heavy (non-hydrogen) atoms. The Labute approximate surface area is 355 Å². The van der Waals surface area contributed by atoms with Crippen LogP contribution in [-0.2, 0) is 33.2 Å². The number of rotatable bonds is 46. The molecule has 0 fully saturated rings. The predicted octanol–water partition coefficient (Wildman–Crippen LogP) is 16.0. The fraction of sp³-hybridized carbons (Fsp3) is 0.920. The van der Waals surface area contributed by atoms with Gasteiger partial charge in [0, 0.05) is 12.8 Å². The van der Waals surface area contributed by atoms with E-state index < -0.39 is 0 Å². The molecule has 0 aliphatic carbocycles. The molecule has 0 aliphatic rings. The zero-order chi connectivity index (χ0) is 41.9. The highest BCUT2D eigenvalue weighted by molar-refractivity contribution is 5.09. The van der Waals surface area contributed by atoms with Crippen molar-refractivity contribution < 1.29 is 33.2 Å². The van der Waals surface area contributed by atoms with Gasteiger partial charge in [0.25, 0.3) is 0 Å². The van der Waals surface area contributed by atoms with Crippen LogP contribution in [0.15, 0.2) is 23.0 Å². The Morgan fingerprint density at radius 2 is 0.614 bits per heavy atom. The Hall–Kier alpha value is -1.44. The van der Waals surface area contributed by atoms with E-state index in [0.717, 1.165) is 126 Å². The lowest BCUT2D eigenvalue weighted by Crippen LogP contribution is -2.25. The average molecular weight is 811 g/mol. The Bertz CT molecular complexity index is 794. The molecule has 0 aliphatic heterocycles. The molecule has 0 heterocycles. The maximum atomic E-state index is 6.66. The largest absolute Gasteiger partial charge is 0.494 e. The van der Waals surface area contributed by atoms with E-state index >= 15 is 0 Å². The summed E-state index contributed by atoms with van der Waals surface area (Å²) in [5.74, 6) is 3.75. The molecule has 0 spiro atoms. The molecule has 2 atom stereocenters. The van der Waals surface area contributed by atoms with Gasteiger partial charge in [0.15, 0.2) is 25.1 Å². The first-order valence-corrected chi connectivity index (χ1v) is 24.9. The van der Waals surface area contributed by atoms with Crippen molar-refractivity contribution in [2.24, 2.45) is 0 Å². The highest BCUT2D eigenvalue weighted by Crippen LogP contribution is 2.28. The van der Waals surface area contributed by atoms with Crippen molar-refractivity contribution in [2.75, 3.05) is 40.0 Å². The van der Waals surface area contributed by atoms with Gasteiger partial charge in [0.05, 0.1) is 26.4 Å². The topological polar surface area (TPSA) is 64.6 Å². The van der Waals surface area contributed by atoms with Crippen LogP contribution in [0.1, 0.15) is 248 Å². The lowest BCUT2D eigenvalue weighted by Gasteiger charge is -2.26. The molecule has 0 saturated carbocycles. The molecule has 0 N–H and O–H groups in total. The first-order valence-electron chi connectivity index (χ1n) is 24.9. The van der Waals surface area contributed by atoms with Gasteiger partial charge in [-0.3, -0.25) is 0 Å². The van der Waals surface area contributed by atoms with Gasteiger partial charge < -0.3 is 33.2 Å². The van der Waals surface area contributed by atoms with Crippen molar-refractivity contribution in [1.82, 2.24) is 0 Å². The van der Waals surface area contributed by atoms with Gasteiger partial charge in [0.2, 0.25) is 0 Å². The smallest absolute Gasteiger partial charge is 0.162 e. The normalized spacial score (nSPS) is 13.6. The molecule has 340 valence electrons. The Balaban J connectivity index is 6.33. The number of allylic oxidation sites excluding steroid dienone is 2. The lowest BCUT2D eigenvalue weighted by atomic mass is 10.0. The molecule has 0 saturated heterocycles. The number of hydrogen-bond acceptors (Lipinski definition) is 7. The fourth-order valence-electron chi connectivity index (χ4n) is 6.74. The van der Waals surface area contributed by atoms with E-state index in [1.165, 1.54) is 89.9 Å². The molecule has 0 rings (SSSR count). The summed E-state index contributed by atoms with van der Waals surface area (Å²) in [5, 5.41) is 0. The quantitative estimate of drug-likeness (QED) is 0.0345. The van der Waals surface area contributed by atoms with Gasteiger partial charge in [-0.1, -0.05) is 184 Å². The molecule has 0 aromatic rings. The summed E-state index contributed by atoms with van der Waals surface area (Å²) >= 11 is 0. The van der Waals surface area contributed by atoms with Crippen molar-refractivity contribution in [3.05, 3.63) is 23.0 Å². The van der Waals surface area contributed by atoms with Crippen LogP contribution in [0.4, 0.5) is 0 Å². The third-order valence-electron chi connectivity index (χ3n) is 10.6. The van der Waals surface area contributed by atoms with E-state index in [1.807, 2.05) is 0 Å². The highest BCUT2D eigenvalue weighted by atomic mass is 16.7. The zero-order valence-electron chi connectivity index (χ0n) is 39.5. The summed E-state index contributed by atoms with van der Waals surface area (Å²) in [6.07, 6.45) is 33.2. The monoisotopic (exact) mass is 811 g/mol. The third kappa shape index (κ3) is 32.1. The summed E-state index contributed by atoms with van der Waals surface area (Å²) in [5.41, 5.74) is 0. The average Bonchev–Trinajstić information content (AvgIpc) is 3.21. The minimum absolute atomic E-state index is 0.133. The van der Waals surface area contributed by atoms with Gasteiger partial charge in [0.1, 0.15) is 23.7 Å². The first-order chi connectivity index (χ1) is 28.1. The molecule has 7 heteroatoms. The van der Waals surface area contributed by atoms with Crippen molar-refractivity contribution >= 4 is 0 Å². The number of hydrogen-bond donors (Lipinski definition) is 0. The Morgan fingerprint density at radius 1 is 0.316 bits per heavy atom. The summed E-state index contributed by atoms with van der Waals surface area (Å²) in [6, 6.07) is 0. The van der Waals surface area contributed by atoms with Crippen LogP contribution in [0, 0.1) is 0 Å². The van der Waals surface area contributed by atoms with Crippen LogP contribution in [-0.4, -0.2) is 52.2 Å². The molecule has 7 nitrogen and oxygen atoms in total. The van der Waals surface area contributed by atoms with E-state index in [0.29, 0.717) is 26.4 Å². The van der Waals surface area contributed by atoms with Crippen LogP contribution >= 0.6 is 0 Å². The molecule has 0 aromatic carbocycles. The highest BCUT2D eigenvalue weighted by Gasteiger charge is 2.25. The van der Waals surface area contributed by atoms with Crippen molar-refractivity contribution in [2.45, 2.75) is 260 Å². The first kappa shape index (κ1) is 55.6. The van der Waals surface area contributed by atoms with E-state index in [-0.39, 0.29) is 25.8 Å². The van der Waals surface area contributed by atoms with Crippen LogP contribution in [0.25, 0.3) is 0 Å². The Morgan fingerprint density at radius 3 is 0.965 bits per heavy atom. The molecule has 0 radical (unpaired) electrons. The zero-order valence-corrected chi connectivity index (χ0v) is 39.5. The second-order valence-electron chi connectivity index (χ2n) is 16.2. The van der Waals surface area contributed by atoms with Crippen LogP contribution in [0.5, 0.6) is 0 Å². The summed E-state index contributed by atoms with van der Waals surface area (Å²) in [6.45, 7) is 21.0. The third-order valence-corrected chi connectivity index (χ3v) is 10.6. The van der Waals surface area contributed by atoms with Crippen LogP contribution < -0.4 is 0 Å². The predicted molar refractivity (Wildman–Crippen MR) is 242 cm³/mol. The Kier molecular flexibility index (Phi) is 43.0. The van der Waals surface area contributed by atoms with Gasteiger partial charge in [-0.05, 0) is 51.4 Å². The fourth-order valence-corrected chi connectivity index (χ4v) is 6.74. The van der Waals surface area contributed by atoms with E-state index in [4.69, 9.17) is 33.2 Å². The molecular formula is C50H98O7. The number of ether oxygens (including phenoxy) is 7. The van der Waals surface area contributed by atoms with Gasteiger partial charge in [-0.15, -0.1) is 0 Å². The number of unbranched alkanes of at least 4 members (excludes halogenated alkanes) is 18. The molecule has 0 bridgehead atoms. The maximum Gasteiger partial charge on any atom is 0.162 e.